The Bertz CT molecular complexity index is 1040. The van der Waals surface area contributed by atoms with Gasteiger partial charge in [0.15, 0.2) is 16.9 Å². The fraction of sp³-hybridized carbons (Fsp3) is 0.318. The van der Waals surface area contributed by atoms with Crippen LogP contribution in [0, 0.1) is 0 Å². The van der Waals surface area contributed by atoms with Crippen molar-refractivity contribution in [2.45, 2.75) is 18.9 Å². The third kappa shape index (κ3) is 3.82. The van der Waals surface area contributed by atoms with Gasteiger partial charge in [-0.25, -0.2) is 0 Å². The van der Waals surface area contributed by atoms with Crippen molar-refractivity contribution in [2.75, 3.05) is 27.4 Å². The van der Waals surface area contributed by atoms with E-state index >= 15 is 0 Å². The van der Waals surface area contributed by atoms with Crippen LogP contribution in [0.4, 0.5) is 0 Å². The maximum absolute atomic E-state index is 13.0. The topological polar surface area (TPSA) is 69.9 Å². The molecule has 1 heterocycles. The molecule has 1 aliphatic rings. The van der Waals surface area contributed by atoms with Crippen molar-refractivity contribution >= 4 is 11.0 Å². The van der Waals surface area contributed by atoms with Crippen LogP contribution in [0.25, 0.3) is 22.1 Å². The van der Waals surface area contributed by atoms with Gasteiger partial charge < -0.3 is 23.9 Å². The highest BCUT2D eigenvalue weighted by atomic mass is 16.5. The van der Waals surface area contributed by atoms with Crippen molar-refractivity contribution in [1.82, 2.24) is 5.32 Å². The molecular weight excluding hydrogens is 358 g/mol. The molecule has 0 radical (unpaired) electrons. The molecule has 0 spiro atoms. The Hall–Kier alpha value is -2.99. The van der Waals surface area contributed by atoms with Gasteiger partial charge in [0.1, 0.15) is 24.2 Å². The van der Waals surface area contributed by atoms with Gasteiger partial charge in [-0.3, -0.25) is 4.79 Å². The lowest BCUT2D eigenvalue weighted by atomic mass is 10.0. The molecule has 0 atom stereocenters. The van der Waals surface area contributed by atoms with E-state index in [0.29, 0.717) is 52.0 Å². The van der Waals surface area contributed by atoms with E-state index < -0.39 is 0 Å². The second-order valence-electron chi connectivity index (χ2n) is 6.78. The first-order valence-electron chi connectivity index (χ1n) is 9.33. The van der Waals surface area contributed by atoms with Gasteiger partial charge in [-0.05, 0) is 42.7 Å². The van der Waals surface area contributed by atoms with Crippen LogP contribution in [0.15, 0.2) is 51.9 Å². The van der Waals surface area contributed by atoms with Gasteiger partial charge in [0.25, 0.3) is 0 Å². The summed E-state index contributed by atoms with van der Waals surface area (Å²) in [5, 5.41) is 3.91. The largest absolute Gasteiger partial charge is 0.493 e. The van der Waals surface area contributed by atoms with E-state index in [4.69, 9.17) is 18.6 Å². The summed E-state index contributed by atoms with van der Waals surface area (Å²) in [6.45, 7) is 1.39. The number of fused-ring (bicyclic) bond motifs is 1. The molecule has 0 amide bonds. The Balaban J connectivity index is 1.58. The molecule has 0 bridgehead atoms. The molecule has 0 saturated heterocycles. The van der Waals surface area contributed by atoms with E-state index in [0.717, 1.165) is 6.54 Å². The molecule has 0 aliphatic heterocycles. The summed E-state index contributed by atoms with van der Waals surface area (Å²) in [5.41, 5.74) is 1.58. The molecule has 1 N–H and O–H groups in total. The Morgan fingerprint density at radius 1 is 1.07 bits per heavy atom. The van der Waals surface area contributed by atoms with E-state index in [9.17, 15) is 4.79 Å². The summed E-state index contributed by atoms with van der Waals surface area (Å²) >= 11 is 0. The molecule has 28 heavy (non-hydrogen) atoms. The third-order valence-corrected chi connectivity index (χ3v) is 4.82. The van der Waals surface area contributed by atoms with Crippen molar-refractivity contribution in [2.24, 2.45) is 0 Å². The lowest BCUT2D eigenvalue weighted by molar-refractivity contribution is 0.313. The summed E-state index contributed by atoms with van der Waals surface area (Å²) in [4.78, 5) is 13.0. The van der Waals surface area contributed by atoms with Crippen LogP contribution >= 0.6 is 0 Å². The number of rotatable bonds is 8. The number of benzene rings is 2. The zero-order chi connectivity index (χ0) is 19.5. The van der Waals surface area contributed by atoms with Gasteiger partial charge in [-0.1, -0.05) is 6.07 Å². The van der Waals surface area contributed by atoms with Crippen LogP contribution < -0.4 is 25.0 Å². The molecule has 1 aliphatic carbocycles. The standard InChI is InChI=1S/C22H23NO5/c1-25-19-8-3-14(11-21(19)26-2)18-13-28-20-12-16(6-7-17(20)22(18)24)27-10-9-23-15-4-5-15/h3,6-8,11-13,15,23H,4-5,9-10H2,1-2H3. The monoisotopic (exact) mass is 381 g/mol. The maximum Gasteiger partial charge on any atom is 0.200 e. The van der Waals surface area contributed by atoms with Gasteiger partial charge in [0.05, 0.1) is 25.2 Å². The first kappa shape index (κ1) is 18.4. The minimum atomic E-state index is -0.101. The lowest BCUT2D eigenvalue weighted by Gasteiger charge is -2.10. The predicted molar refractivity (Wildman–Crippen MR) is 108 cm³/mol. The Kier molecular flexibility index (Phi) is 5.21. The van der Waals surface area contributed by atoms with E-state index in [1.165, 1.54) is 19.1 Å². The number of hydrogen-bond acceptors (Lipinski definition) is 6. The summed E-state index contributed by atoms with van der Waals surface area (Å²) in [7, 11) is 3.13. The minimum Gasteiger partial charge on any atom is -0.493 e. The third-order valence-electron chi connectivity index (χ3n) is 4.82. The fourth-order valence-corrected chi connectivity index (χ4v) is 3.12. The lowest BCUT2D eigenvalue weighted by Crippen LogP contribution is -2.22. The molecule has 2 aromatic carbocycles. The van der Waals surface area contributed by atoms with Crippen molar-refractivity contribution in [3.8, 4) is 28.4 Å². The number of hydrogen-bond donors (Lipinski definition) is 1. The number of ether oxygens (including phenoxy) is 3. The predicted octanol–water partition coefficient (Wildman–Crippen LogP) is 3.61. The molecule has 6 nitrogen and oxygen atoms in total. The van der Waals surface area contributed by atoms with Gasteiger partial charge in [-0.2, -0.15) is 0 Å². The zero-order valence-electron chi connectivity index (χ0n) is 16.0. The van der Waals surface area contributed by atoms with E-state index in [-0.39, 0.29) is 5.43 Å². The summed E-state index contributed by atoms with van der Waals surface area (Å²) in [5.74, 6) is 1.85. The van der Waals surface area contributed by atoms with Crippen LogP contribution in [0.2, 0.25) is 0 Å². The van der Waals surface area contributed by atoms with Gasteiger partial charge in [-0.15, -0.1) is 0 Å². The second kappa shape index (κ2) is 7.94. The Labute approximate surface area is 163 Å². The van der Waals surface area contributed by atoms with E-state index in [2.05, 4.69) is 5.32 Å². The van der Waals surface area contributed by atoms with Crippen LogP contribution in [0.5, 0.6) is 17.2 Å². The number of nitrogens with one attached hydrogen (secondary N) is 1. The van der Waals surface area contributed by atoms with Crippen molar-refractivity contribution < 1.29 is 18.6 Å². The molecule has 3 aromatic rings. The Morgan fingerprint density at radius 2 is 1.89 bits per heavy atom. The normalized spacial score (nSPS) is 13.5. The highest BCUT2D eigenvalue weighted by Gasteiger charge is 2.19. The highest BCUT2D eigenvalue weighted by molar-refractivity contribution is 5.83. The van der Waals surface area contributed by atoms with Crippen molar-refractivity contribution in [3.05, 3.63) is 52.9 Å². The van der Waals surface area contributed by atoms with Crippen LogP contribution in [-0.2, 0) is 0 Å². The van der Waals surface area contributed by atoms with Gasteiger partial charge >= 0.3 is 0 Å². The maximum atomic E-state index is 13.0. The average Bonchev–Trinajstić information content (AvgIpc) is 3.55. The van der Waals surface area contributed by atoms with Crippen molar-refractivity contribution in [3.63, 3.8) is 0 Å². The second-order valence-corrected chi connectivity index (χ2v) is 6.78. The first-order valence-corrected chi connectivity index (χ1v) is 9.33. The highest BCUT2D eigenvalue weighted by Crippen LogP contribution is 2.32. The van der Waals surface area contributed by atoms with Crippen LogP contribution in [0.1, 0.15) is 12.8 Å². The molecule has 1 aromatic heterocycles. The smallest absolute Gasteiger partial charge is 0.200 e. The molecule has 1 fully saturated rings. The fourth-order valence-electron chi connectivity index (χ4n) is 3.12. The quantitative estimate of drug-likeness (QED) is 0.601. The summed E-state index contributed by atoms with van der Waals surface area (Å²) < 4.78 is 22.1. The average molecular weight is 381 g/mol. The number of methoxy groups -OCH3 is 2. The summed E-state index contributed by atoms with van der Waals surface area (Å²) in [6.07, 6.45) is 3.98. The van der Waals surface area contributed by atoms with Crippen molar-refractivity contribution in [1.29, 1.82) is 0 Å². The molecule has 4 rings (SSSR count). The molecule has 0 unspecified atom stereocenters. The van der Waals surface area contributed by atoms with Gasteiger partial charge in [0, 0.05) is 18.7 Å². The van der Waals surface area contributed by atoms with Gasteiger partial charge in [0.2, 0.25) is 0 Å². The van der Waals surface area contributed by atoms with E-state index in [1.807, 2.05) is 6.07 Å². The molecule has 146 valence electrons. The zero-order valence-corrected chi connectivity index (χ0v) is 16.0. The molecular formula is C22H23NO5. The van der Waals surface area contributed by atoms with Crippen LogP contribution in [-0.4, -0.2) is 33.4 Å². The molecule has 6 heteroatoms. The van der Waals surface area contributed by atoms with Crippen LogP contribution in [0.3, 0.4) is 0 Å². The summed E-state index contributed by atoms with van der Waals surface area (Å²) in [6, 6.07) is 11.3. The molecule has 1 saturated carbocycles. The minimum absolute atomic E-state index is 0.101. The first-order chi connectivity index (χ1) is 13.7. The SMILES string of the molecule is COc1ccc(-c2coc3cc(OCCNC4CC4)ccc3c2=O)cc1OC. The Morgan fingerprint density at radius 3 is 2.64 bits per heavy atom. The van der Waals surface area contributed by atoms with E-state index in [1.54, 1.807) is 44.6 Å².